The van der Waals surface area contributed by atoms with E-state index in [0.29, 0.717) is 10.7 Å². The zero-order valence-corrected chi connectivity index (χ0v) is 15.6. The van der Waals surface area contributed by atoms with Gasteiger partial charge in [0.1, 0.15) is 0 Å². The van der Waals surface area contributed by atoms with Gasteiger partial charge in [0.15, 0.2) is 5.16 Å². The van der Waals surface area contributed by atoms with Crippen LogP contribution in [0.3, 0.4) is 0 Å². The molecule has 1 amide bonds. The van der Waals surface area contributed by atoms with Crippen LogP contribution in [0.25, 0.3) is 5.69 Å². The van der Waals surface area contributed by atoms with E-state index in [4.69, 9.17) is 11.6 Å². The Labute approximate surface area is 156 Å². The first-order valence-electron chi connectivity index (χ1n) is 7.81. The minimum absolute atomic E-state index is 0.0951. The summed E-state index contributed by atoms with van der Waals surface area (Å²) in [6, 6.07) is 13.4. The van der Waals surface area contributed by atoms with Crippen molar-refractivity contribution in [1.29, 1.82) is 0 Å². The third kappa shape index (κ3) is 4.65. The maximum absolute atomic E-state index is 12.2. The van der Waals surface area contributed by atoms with Crippen molar-refractivity contribution in [1.82, 2.24) is 9.55 Å². The number of nitrogens with zero attached hydrogens (tertiary/aromatic N) is 2. The van der Waals surface area contributed by atoms with E-state index in [1.807, 2.05) is 16.8 Å². The predicted molar refractivity (Wildman–Crippen MR) is 104 cm³/mol. The van der Waals surface area contributed by atoms with Gasteiger partial charge in [-0.1, -0.05) is 35.5 Å². The highest BCUT2D eigenvalue weighted by Crippen LogP contribution is 2.22. The summed E-state index contributed by atoms with van der Waals surface area (Å²) in [7, 11) is 0. The number of hydrogen-bond acceptors (Lipinski definition) is 3. The van der Waals surface area contributed by atoms with Gasteiger partial charge >= 0.3 is 0 Å². The van der Waals surface area contributed by atoms with Gasteiger partial charge in [0.2, 0.25) is 5.91 Å². The highest BCUT2D eigenvalue weighted by molar-refractivity contribution is 7.99. The van der Waals surface area contributed by atoms with Crippen LogP contribution < -0.4 is 5.32 Å². The van der Waals surface area contributed by atoms with Crippen LogP contribution in [-0.4, -0.2) is 21.2 Å². The summed E-state index contributed by atoms with van der Waals surface area (Å²) < 4.78 is 2.00. The second-order valence-electron chi connectivity index (χ2n) is 5.77. The lowest BCUT2D eigenvalue weighted by molar-refractivity contribution is -0.113. The summed E-state index contributed by atoms with van der Waals surface area (Å²) >= 11 is 7.33. The van der Waals surface area contributed by atoms with E-state index in [1.54, 1.807) is 24.4 Å². The Bertz CT molecular complexity index is 887. The molecule has 0 bridgehead atoms. The number of benzene rings is 2. The van der Waals surface area contributed by atoms with Gasteiger partial charge in [-0.2, -0.15) is 0 Å². The van der Waals surface area contributed by atoms with Gasteiger partial charge in [-0.05, 0) is 55.3 Å². The van der Waals surface area contributed by atoms with Gasteiger partial charge in [-0.3, -0.25) is 9.36 Å². The fourth-order valence-electron chi connectivity index (χ4n) is 2.58. The molecule has 2 aromatic carbocycles. The topological polar surface area (TPSA) is 46.9 Å². The summed E-state index contributed by atoms with van der Waals surface area (Å²) in [5.41, 5.74) is 4.13. The summed E-state index contributed by atoms with van der Waals surface area (Å²) in [5, 5.41) is 4.22. The van der Waals surface area contributed by atoms with E-state index >= 15 is 0 Å². The highest BCUT2D eigenvalue weighted by atomic mass is 35.5. The van der Waals surface area contributed by atoms with Crippen molar-refractivity contribution >= 4 is 35.0 Å². The summed E-state index contributed by atoms with van der Waals surface area (Å²) in [6.45, 7) is 4.14. The summed E-state index contributed by atoms with van der Waals surface area (Å²) in [5.74, 6) is 0.177. The minimum Gasteiger partial charge on any atom is -0.325 e. The highest BCUT2D eigenvalue weighted by Gasteiger charge is 2.10. The van der Waals surface area contributed by atoms with Crippen molar-refractivity contribution in [2.75, 3.05) is 11.1 Å². The average Bonchev–Trinajstić information content (AvgIpc) is 3.00. The molecule has 128 valence electrons. The van der Waals surface area contributed by atoms with Gasteiger partial charge in [0, 0.05) is 28.8 Å². The van der Waals surface area contributed by atoms with E-state index in [9.17, 15) is 4.79 Å². The Kier molecular flexibility index (Phi) is 5.46. The molecular weight excluding hydrogens is 354 g/mol. The largest absolute Gasteiger partial charge is 0.325 e. The zero-order valence-electron chi connectivity index (χ0n) is 14.0. The monoisotopic (exact) mass is 371 g/mol. The van der Waals surface area contributed by atoms with E-state index in [1.165, 1.54) is 22.9 Å². The van der Waals surface area contributed by atoms with Crippen molar-refractivity contribution in [2.24, 2.45) is 0 Å². The van der Waals surface area contributed by atoms with Gasteiger partial charge in [-0.15, -0.1) is 0 Å². The van der Waals surface area contributed by atoms with Crippen molar-refractivity contribution in [3.05, 3.63) is 71.0 Å². The number of halogens is 1. The molecular formula is C19H18ClN3OS. The van der Waals surface area contributed by atoms with Gasteiger partial charge in [0.25, 0.3) is 0 Å². The second-order valence-corrected chi connectivity index (χ2v) is 7.15. The molecule has 4 nitrogen and oxygen atoms in total. The molecule has 3 rings (SSSR count). The Morgan fingerprint density at radius 3 is 2.68 bits per heavy atom. The number of amides is 1. The first kappa shape index (κ1) is 17.6. The number of hydrogen-bond donors (Lipinski definition) is 1. The molecule has 0 fully saturated rings. The van der Waals surface area contributed by atoms with Crippen LogP contribution in [-0.2, 0) is 4.79 Å². The van der Waals surface area contributed by atoms with Crippen LogP contribution >= 0.6 is 23.4 Å². The molecule has 25 heavy (non-hydrogen) atoms. The molecule has 0 aliphatic carbocycles. The number of rotatable bonds is 5. The Morgan fingerprint density at radius 1 is 1.20 bits per heavy atom. The van der Waals surface area contributed by atoms with Crippen LogP contribution in [0.2, 0.25) is 5.02 Å². The molecule has 0 saturated heterocycles. The Morgan fingerprint density at radius 2 is 1.96 bits per heavy atom. The normalized spacial score (nSPS) is 10.7. The van der Waals surface area contributed by atoms with Crippen LogP contribution in [0, 0.1) is 13.8 Å². The van der Waals surface area contributed by atoms with Gasteiger partial charge < -0.3 is 5.32 Å². The molecule has 0 spiro atoms. The molecule has 1 heterocycles. The number of carbonyl (C=O) groups is 1. The first-order valence-corrected chi connectivity index (χ1v) is 9.18. The average molecular weight is 372 g/mol. The molecule has 1 aromatic heterocycles. The number of thioether (sulfide) groups is 1. The lowest BCUT2D eigenvalue weighted by atomic mass is 10.1. The van der Waals surface area contributed by atoms with Crippen LogP contribution in [0.1, 0.15) is 11.1 Å². The third-order valence-corrected chi connectivity index (χ3v) is 4.73. The molecule has 1 N–H and O–H groups in total. The number of nitrogens with one attached hydrogen (secondary N) is 1. The summed E-state index contributed by atoms with van der Waals surface area (Å²) in [4.78, 5) is 16.5. The SMILES string of the molecule is Cc1cc(C)cc(-n2ccnc2SCC(=O)Nc2cccc(Cl)c2)c1. The molecule has 0 saturated carbocycles. The number of aryl methyl sites for hydroxylation is 2. The quantitative estimate of drug-likeness (QED) is 0.650. The van der Waals surface area contributed by atoms with E-state index in [-0.39, 0.29) is 11.7 Å². The molecule has 0 aliphatic heterocycles. The van der Waals surface area contributed by atoms with Gasteiger partial charge in [-0.25, -0.2) is 4.98 Å². The molecule has 0 radical (unpaired) electrons. The van der Waals surface area contributed by atoms with Crippen molar-refractivity contribution in [3.63, 3.8) is 0 Å². The maximum Gasteiger partial charge on any atom is 0.234 e. The van der Waals surface area contributed by atoms with E-state index in [0.717, 1.165) is 10.8 Å². The lowest BCUT2D eigenvalue weighted by Gasteiger charge is -2.10. The fourth-order valence-corrected chi connectivity index (χ4v) is 3.54. The van der Waals surface area contributed by atoms with Crippen molar-refractivity contribution in [2.45, 2.75) is 19.0 Å². The minimum atomic E-state index is -0.0951. The molecule has 6 heteroatoms. The van der Waals surface area contributed by atoms with Crippen molar-refractivity contribution < 1.29 is 4.79 Å². The Hall–Kier alpha value is -2.24. The standard InChI is InChI=1S/C19H18ClN3OS/c1-13-8-14(2)10-17(9-13)23-7-6-21-19(23)25-12-18(24)22-16-5-3-4-15(20)11-16/h3-11H,12H2,1-2H3,(H,22,24). The van der Waals surface area contributed by atoms with Crippen molar-refractivity contribution in [3.8, 4) is 5.69 Å². The van der Waals surface area contributed by atoms with E-state index < -0.39 is 0 Å². The number of anilines is 1. The molecule has 0 unspecified atom stereocenters. The molecule has 0 atom stereocenters. The third-order valence-electron chi connectivity index (χ3n) is 3.53. The van der Waals surface area contributed by atoms with Crippen LogP contribution in [0.5, 0.6) is 0 Å². The zero-order chi connectivity index (χ0) is 17.8. The van der Waals surface area contributed by atoms with Crippen LogP contribution in [0.15, 0.2) is 60.0 Å². The number of carbonyl (C=O) groups excluding carboxylic acids is 1. The summed E-state index contributed by atoms with van der Waals surface area (Å²) in [6.07, 6.45) is 3.65. The number of imidazole rings is 1. The fraction of sp³-hybridized carbons (Fsp3) is 0.158. The molecule has 3 aromatic rings. The van der Waals surface area contributed by atoms with Crippen LogP contribution in [0.4, 0.5) is 5.69 Å². The smallest absolute Gasteiger partial charge is 0.234 e. The first-order chi connectivity index (χ1) is 12.0. The Balaban J connectivity index is 1.68. The van der Waals surface area contributed by atoms with Gasteiger partial charge in [0.05, 0.1) is 5.75 Å². The number of aromatic nitrogens is 2. The van der Waals surface area contributed by atoms with E-state index in [2.05, 4.69) is 42.3 Å². The second kappa shape index (κ2) is 7.76. The maximum atomic E-state index is 12.2. The predicted octanol–water partition coefficient (Wildman–Crippen LogP) is 4.87. The lowest BCUT2D eigenvalue weighted by Crippen LogP contribution is -2.14. The molecule has 0 aliphatic rings.